The van der Waals surface area contributed by atoms with E-state index in [0.29, 0.717) is 0 Å². The number of hydrogen-bond acceptors (Lipinski definition) is 2. The van der Waals surface area contributed by atoms with Gasteiger partial charge >= 0.3 is 5.97 Å². The zero-order valence-electron chi connectivity index (χ0n) is 16.3. The van der Waals surface area contributed by atoms with Crippen molar-refractivity contribution in [2.45, 2.75) is 52.8 Å². The Hall–Kier alpha value is -2.25. The molecular formula is C22H28O3Si. The molecule has 138 valence electrons. The lowest BCUT2D eigenvalue weighted by atomic mass is 9.75. The van der Waals surface area contributed by atoms with E-state index in [9.17, 15) is 4.79 Å². The van der Waals surface area contributed by atoms with Gasteiger partial charge in [0.1, 0.15) is 0 Å². The van der Waals surface area contributed by atoms with Crippen LogP contribution in [0.25, 0.3) is 0 Å². The van der Waals surface area contributed by atoms with Gasteiger partial charge in [-0.15, -0.1) is 0 Å². The van der Waals surface area contributed by atoms with Crippen molar-refractivity contribution < 1.29 is 14.3 Å². The third-order valence-corrected chi connectivity index (χ3v) is 5.20. The van der Waals surface area contributed by atoms with Crippen molar-refractivity contribution in [1.29, 1.82) is 0 Å². The van der Waals surface area contributed by atoms with Gasteiger partial charge in [0.05, 0.1) is 11.3 Å². The number of carbonyl (C=O) groups is 1. The minimum absolute atomic E-state index is 0.0918. The maximum absolute atomic E-state index is 10.9. The van der Waals surface area contributed by atoms with Crippen molar-refractivity contribution >= 4 is 14.3 Å². The fourth-order valence-corrected chi connectivity index (χ4v) is 4.03. The van der Waals surface area contributed by atoms with Gasteiger partial charge in [0.15, 0.2) is 0 Å². The van der Waals surface area contributed by atoms with Gasteiger partial charge in [0.2, 0.25) is 8.32 Å². The topological polar surface area (TPSA) is 46.5 Å². The number of aromatic carboxylic acids is 1. The third-order valence-electron chi connectivity index (χ3n) is 4.35. The molecule has 0 saturated heterocycles. The minimum Gasteiger partial charge on any atom is -0.547 e. The lowest BCUT2D eigenvalue weighted by Crippen LogP contribution is -2.29. The Morgan fingerprint density at radius 1 is 1.23 bits per heavy atom. The molecule has 0 radical (unpaired) electrons. The number of carboxylic acid groups (broad SMARTS) is 1. The van der Waals surface area contributed by atoms with Gasteiger partial charge in [0, 0.05) is 12.0 Å². The summed E-state index contributed by atoms with van der Waals surface area (Å²) in [4.78, 5) is 10.9. The van der Waals surface area contributed by atoms with E-state index in [1.165, 1.54) is 5.57 Å². The summed E-state index contributed by atoms with van der Waals surface area (Å²) in [5.74, 6) is 6.32. The van der Waals surface area contributed by atoms with Crippen molar-refractivity contribution in [3.8, 4) is 11.8 Å². The van der Waals surface area contributed by atoms with E-state index in [1.807, 2.05) is 6.08 Å². The van der Waals surface area contributed by atoms with Crippen LogP contribution >= 0.6 is 0 Å². The predicted molar refractivity (Wildman–Crippen MR) is 109 cm³/mol. The first kappa shape index (κ1) is 20.1. The minimum atomic E-state index is -1.64. The Morgan fingerprint density at radius 3 is 2.46 bits per heavy atom. The first-order valence-corrected chi connectivity index (χ1v) is 12.4. The molecule has 1 aliphatic carbocycles. The molecule has 1 aliphatic rings. The second-order valence-electron chi connectivity index (χ2n) is 8.27. The number of benzene rings is 1. The molecular weight excluding hydrogens is 340 g/mol. The lowest BCUT2D eigenvalue weighted by Gasteiger charge is -2.36. The number of carboxylic acids is 1. The molecule has 0 saturated carbocycles. The average molecular weight is 369 g/mol. The van der Waals surface area contributed by atoms with Crippen molar-refractivity contribution in [2.24, 2.45) is 5.41 Å². The maximum Gasteiger partial charge on any atom is 0.335 e. The maximum atomic E-state index is 10.9. The van der Waals surface area contributed by atoms with Crippen molar-refractivity contribution in [3.63, 3.8) is 0 Å². The van der Waals surface area contributed by atoms with E-state index in [1.54, 1.807) is 24.3 Å². The van der Waals surface area contributed by atoms with Crippen LogP contribution in [0, 0.1) is 17.3 Å². The Balaban J connectivity index is 2.21. The van der Waals surface area contributed by atoms with Gasteiger partial charge in [-0.3, -0.25) is 0 Å². The summed E-state index contributed by atoms with van der Waals surface area (Å²) in [6.07, 6.45) is 7.27. The summed E-state index contributed by atoms with van der Waals surface area (Å²) in [5, 5.41) is 8.93. The van der Waals surface area contributed by atoms with Crippen LogP contribution in [-0.4, -0.2) is 19.4 Å². The quantitative estimate of drug-likeness (QED) is 0.555. The van der Waals surface area contributed by atoms with E-state index < -0.39 is 14.3 Å². The molecule has 2 rings (SSSR count). The van der Waals surface area contributed by atoms with E-state index in [4.69, 9.17) is 9.53 Å². The second kappa shape index (κ2) is 7.97. The van der Waals surface area contributed by atoms with Crippen LogP contribution in [0.1, 0.15) is 49.0 Å². The van der Waals surface area contributed by atoms with Gasteiger partial charge < -0.3 is 9.53 Å². The van der Waals surface area contributed by atoms with Gasteiger partial charge in [-0.05, 0) is 79.9 Å². The van der Waals surface area contributed by atoms with Crippen molar-refractivity contribution in [3.05, 3.63) is 58.9 Å². The average Bonchev–Trinajstić information content (AvgIpc) is 2.52. The Bertz CT molecular complexity index is 781. The summed E-state index contributed by atoms with van der Waals surface area (Å²) in [6.45, 7) is 11.2. The van der Waals surface area contributed by atoms with Gasteiger partial charge in [-0.1, -0.05) is 25.7 Å². The highest BCUT2D eigenvalue weighted by Crippen LogP contribution is 2.42. The summed E-state index contributed by atoms with van der Waals surface area (Å²) >= 11 is 0. The van der Waals surface area contributed by atoms with Crippen LogP contribution in [-0.2, 0) is 4.43 Å². The SMILES string of the molecule is CC1(C)CCCC(O[Si](C)(C)C)=C1/C=C/C#Cc1ccc(C(=O)O)cc1. The summed E-state index contributed by atoms with van der Waals surface area (Å²) < 4.78 is 6.34. The number of allylic oxidation sites excluding steroid dienone is 4. The Kier molecular flexibility index (Phi) is 6.15. The molecule has 3 nitrogen and oxygen atoms in total. The third kappa shape index (κ3) is 5.64. The molecule has 0 atom stereocenters. The smallest absolute Gasteiger partial charge is 0.335 e. The fourth-order valence-electron chi connectivity index (χ4n) is 3.08. The molecule has 0 heterocycles. The second-order valence-corrected chi connectivity index (χ2v) is 12.7. The first-order chi connectivity index (χ1) is 12.1. The van der Waals surface area contributed by atoms with Gasteiger partial charge in [-0.25, -0.2) is 4.79 Å². The molecule has 1 aromatic carbocycles. The van der Waals surface area contributed by atoms with Crippen LogP contribution in [0.5, 0.6) is 0 Å². The van der Waals surface area contributed by atoms with Crippen molar-refractivity contribution in [2.75, 3.05) is 0 Å². The van der Waals surface area contributed by atoms with E-state index in [-0.39, 0.29) is 11.0 Å². The highest BCUT2D eigenvalue weighted by molar-refractivity contribution is 6.70. The number of rotatable bonds is 4. The summed E-state index contributed by atoms with van der Waals surface area (Å²) in [6, 6.07) is 6.60. The highest BCUT2D eigenvalue weighted by Gasteiger charge is 2.31. The van der Waals surface area contributed by atoms with E-state index in [2.05, 4.69) is 51.4 Å². The summed E-state index contributed by atoms with van der Waals surface area (Å²) in [7, 11) is -1.64. The monoisotopic (exact) mass is 368 g/mol. The first-order valence-electron chi connectivity index (χ1n) is 9.03. The largest absolute Gasteiger partial charge is 0.547 e. The zero-order valence-corrected chi connectivity index (χ0v) is 17.3. The molecule has 0 fully saturated rings. The van der Waals surface area contributed by atoms with Gasteiger partial charge in [0.25, 0.3) is 0 Å². The highest BCUT2D eigenvalue weighted by atomic mass is 28.4. The van der Waals surface area contributed by atoms with Gasteiger partial charge in [-0.2, -0.15) is 0 Å². The molecule has 0 amide bonds. The molecule has 26 heavy (non-hydrogen) atoms. The molecule has 1 N–H and O–H groups in total. The zero-order chi connectivity index (χ0) is 19.4. The van der Waals surface area contributed by atoms with E-state index in [0.717, 1.165) is 30.6 Å². The molecule has 0 aromatic heterocycles. The Labute approximate surface area is 157 Å². The lowest BCUT2D eigenvalue weighted by molar-refractivity contribution is 0.0697. The molecule has 4 heteroatoms. The van der Waals surface area contributed by atoms with Crippen LogP contribution < -0.4 is 0 Å². The number of hydrogen-bond donors (Lipinski definition) is 1. The molecule has 0 unspecified atom stereocenters. The molecule has 0 bridgehead atoms. The standard InChI is InChI=1S/C22H28O3Si/c1-22(2)16-8-11-20(25-26(3,4)5)19(22)10-7-6-9-17-12-14-18(15-13-17)21(23)24/h7,10,12-15H,8,11,16H2,1-5H3,(H,23,24)/b10-7+. The molecule has 0 aliphatic heterocycles. The Morgan fingerprint density at radius 2 is 1.88 bits per heavy atom. The summed E-state index contributed by atoms with van der Waals surface area (Å²) in [5.41, 5.74) is 2.42. The normalized spacial score (nSPS) is 17.0. The fraction of sp³-hybridized carbons (Fsp3) is 0.409. The predicted octanol–water partition coefficient (Wildman–Crippen LogP) is 5.61. The van der Waals surface area contributed by atoms with Crippen LogP contribution in [0.3, 0.4) is 0 Å². The van der Waals surface area contributed by atoms with Crippen LogP contribution in [0.4, 0.5) is 0 Å². The van der Waals surface area contributed by atoms with Crippen molar-refractivity contribution in [1.82, 2.24) is 0 Å². The van der Waals surface area contributed by atoms with Crippen LogP contribution in [0.2, 0.25) is 19.6 Å². The van der Waals surface area contributed by atoms with Crippen LogP contribution in [0.15, 0.2) is 47.7 Å². The molecule has 1 aromatic rings. The molecule has 0 spiro atoms. The van der Waals surface area contributed by atoms with E-state index >= 15 is 0 Å².